The van der Waals surface area contributed by atoms with Crippen LogP contribution in [0.3, 0.4) is 0 Å². The van der Waals surface area contributed by atoms with Crippen molar-refractivity contribution in [1.82, 2.24) is 19.6 Å². The molecule has 338 valence electrons. The summed E-state index contributed by atoms with van der Waals surface area (Å²) < 4.78 is 41.7. The first kappa shape index (κ1) is 45.1. The number of hydrogen-bond donors (Lipinski definition) is 3. The number of aromatic nitrogens is 2. The molecule has 0 atom stereocenters. The minimum atomic E-state index is -4.58. The number of amides is 1. The van der Waals surface area contributed by atoms with Crippen molar-refractivity contribution >= 4 is 61.2 Å². The molecule has 1 saturated heterocycles. The number of H-pyrrole nitrogens is 1. The van der Waals surface area contributed by atoms with Crippen LogP contribution in [0.15, 0.2) is 95.7 Å². The van der Waals surface area contributed by atoms with E-state index in [1.54, 1.807) is 31.6 Å². The summed E-state index contributed by atoms with van der Waals surface area (Å²) in [6.07, 6.45) is 10.4. The molecule has 2 aliphatic carbocycles. The molecule has 3 aliphatic rings. The lowest BCUT2D eigenvalue weighted by Crippen LogP contribution is -2.47. The maximum absolute atomic E-state index is 14.2. The minimum Gasteiger partial charge on any atom is -0.453 e. The summed E-state index contributed by atoms with van der Waals surface area (Å²) in [5, 5.41) is 16.9. The molecule has 64 heavy (non-hydrogen) atoms. The molecule has 0 spiro atoms. The normalized spacial score (nSPS) is 19.4. The van der Waals surface area contributed by atoms with Crippen LogP contribution >= 0.6 is 11.6 Å². The molecule has 5 aromatic rings. The summed E-state index contributed by atoms with van der Waals surface area (Å²) >= 11 is 6.26. The molecule has 14 nitrogen and oxygen atoms in total. The van der Waals surface area contributed by atoms with Crippen molar-refractivity contribution in [3.63, 3.8) is 0 Å². The molecule has 0 radical (unpaired) electrons. The summed E-state index contributed by atoms with van der Waals surface area (Å²) in [5.74, 6) is 0.429. The third-order valence-corrected chi connectivity index (χ3v) is 14.6. The number of rotatable bonds is 15. The van der Waals surface area contributed by atoms with E-state index in [0.29, 0.717) is 48.6 Å². The van der Waals surface area contributed by atoms with E-state index in [2.05, 4.69) is 55.8 Å². The van der Waals surface area contributed by atoms with E-state index in [0.717, 1.165) is 87.7 Å². The third-order valence-electron chi connectivity index (χ3n) is 13.0. The van der Waals surface area contributed by atoms with Gasteiger partial charge in [-0.15, -0.1) is 0 Å². The van der Waals surface area contributed by atoms with Gasteiger partial charge in [-0.3, -0.25) is 19.8 Å². The van der Waals surface area contributed by atoms with E-state index < -0.39 is 31.4 Å². The number of carbonyl (C=O) groups is 1. The number of piperazine rings is 1. The van der Waals surface area contributed by atoms with E-state index in [9.17, 15) is 23.3 Å². The second-order valence-electron chi connectivity index (χ2n) is 18.1. The van der Waals surface area contributed by atoms with Gasteiger partial charge in [0, 0.05) is 75.7 Å². The van der Waals surface area contributed by atoms with Gasteiger partial charge in [0.25, 0.3) is 21.6 Å². The van der Waals surface area contributed by atoms with Gasteiger partial charge < -0.3 is 24.7 Å². The number of carbonyl (C=O) groups excluding carboxylic acids is 1. The molecule has 8 rings (SSSR count). The molecular formula is C48H56ClN7O7S. The first-order chi connectivity index (χ1) is 30.7. The molecule has 2 fully saturated rings. The molecule has 16 heteroatoms. The predicted octanol–water partition coefficient (Wildman–Crippen LogP) is 9.69. The SMILES string of the molecule is COCC1CCC(CNc2ccc(S(=O)(=O)NC(=O)c3cccc(N4CCN(CC5=C(c6ccc(Cl)cc6)CC(C)(C)CC5)CC4)c3Oc3cnc4[nH]ccc4c3)cc2[N+](=O)[O-])CC1. The van der Waals surface area contributed by atoms with E-state index >= 15 is 0 Å². The number of hydrogen-bond acceptors (Lipinski definition) is 11. The number of ether oxygens (including phenoxy) is 2. The van der Waals surface area contributed by atoms with Gasteiger partial charge in [-0.05, 0) is 122 Å². The maximum atomic E-state index is 14.2. The Bertz CT molecular complexity index is 2630. The van der Waals surface area contributed by atoms with Crippen molar-refractivity contribution in [2.24, 2.45) is 17.3 Å². The smallest absolute Gasteiger partial charge is 0.293 e. The summed E-state index contributed by atoms with van der Waals surface area (Å²) in [7, 11) is -2.88. The van der Waals surface area contributed by atoms with Crippen molar-refractivity contribution in [2.45, 2.75) is 63.7 Å². The van der Waals surface area contributed by atoms with Gasteiger partial charge in [-0.25, -0.2) is 18.1 Å². The molecule has 0 unspecified atom stereocenters. The number of nitro benzene ring substituents is 1. The molecule has 1 amide bonds. The topological polar surface area (TPSA) is 172 Å². The maximum Gasteiger partial charge on any atom is 0.293 e. The summed E-state index contributed by atoms with van der Waals surface area (Å²) in [6.45, 7) is 9.50. The Labute approximate surface area is 379 Å². The number of pyridine rings is 1. The molecule has 3 heterocycles. The number of halogens is 1. The third kappa shape index (κ3) is 10.5. The fraction of sp³-hybridized carbons (Fsp3) is 0.417. The van der Waals surface area contributed by atoms with Gasteiger partial charge in [0.2, 0.25) is 0 Å². The van der Waals surface area contributed by atoms with Crippen LogP contribution in [0.4, 0.5) is 17.1 Å². The van der Waals surface area contributed by atoms with Gasteiger partial charge in [0.1, 0.15) is 17.1 Å². The van der Waals surface area contributed by atoms with Crippen molar-refractivity contribution < 1.29 is 27.6 Å². The Balaban J connectivity index is 1.01. The second-order valence-corrected chi connectivity index (χ2v) is 20.2. The lowest BCUT2D eigenvalue weighted by atomic mass is 9.72. The Morgan fingerprint density at radius 3 is 2.48 bits per heavy atom. The molecule has 2 aromatic heterocycles. The molecule has 1 saturated carbocycles. The fourth-order valence-corrected chi connectivity index (χ4v) is 10.5. The van der Waals surface area contributed by atoms with E-state index in [1.807, 2.05) is 24.3 Å². The number of sulfonamides is 1. The Morgan fingerprint density at radius 2 is 1.75 bits per heavy atom. The standard InChI is InChI=1S/C48H56ClN7O7S/c1-48(2)19-17-36(41(27-48)34-11-13-37(49)14-12-34)30-54-21-23-55(24-22-54)43-6-4-5-40(45(43)63-38-25-35-18-20-50-46(35)52-29-38)47(57)53-64(60,61)39-15-16-42(44(26-39)56(58)59)51-28-32-7-9-33(10-8-32)31-62-3/h4-6,11-16,18,20,25-26,29,32-33,51H,7-10,17,19,21-24,27-28,30-31H2,1-3H3,(H,50,52)(H,53,57). The molecule has 3 aromatic carbocycles. The Hall–Kier alpha value is -5.48. The van der Waals surface area contributed by atoms with E-state index in [4.69, 9.17) is 21.1 Å². The zero-order valence-electron chi connectivity index (χ0n) is 36.6. The van der Waals surface area contributed by atoms with Crippen LogP contribution in [0.5, 0.6) is 11.5 Å². The number of fused-ring (bicyclic) bond motifs is 1. The van der Waals surface area contributed by atoms with Gasteiger partial charge in [-0.1, -0.05) is 49.2 Å². The molecule has 0 bridgehead atoms. The zero-order chi connectivity index (χ0) is 45.0. The molecule has 3 N–H and O–H groups in total. The quantitative estimate of drug-likeness (QED) is 0.0675. The van der Waals surface area contributed by atoms with Gasteiger partial charge >= 0.3 is 0 Å². The number of allylic oxidation sites excluding steroid dienone is 1. The number of methoxy groups -OCH3 is 1. The predicted molar refractivity (Wildman–Crippen MR) is 251 cm³/mol. The highest BCUT2D eigenvalue weighted by atomic mass is 35.5. The average molecular weight is 911 g/mol. The van der Waals surface area contributed by atoms with E-state index in [1.165, 1.54) is 34.9 Å². The number of nitro groups is 1. The number of para-hydroxylation sites is 1. The fourth-order valence-electron chi connectivity index (χ4n) is 9.34. The highest BCUT2D eigenvalue weighted by Crippen LogP contribution is 2.44. The van der Waals surface area contributed by atoms with Crippen LogP contribution in [0, 0.1) is 27.4 Å². The van der Waals surface area contributed by atoms with Crippen molar-refractivity contribution in [3.05, 3.63) is 117 Å². The van der Waals surface area contributed by atoms with Crippen LogP contribution in [-0.4, -0.2) is 87.1 Å². The first-order valence-electron chi connectivity index (χ1n) is 22.0. The largest absolute Gasteiger partial charge is 0.453 e. The lowest BCUT2D eigenvalue weighted by molar-refractivity contribution is -0.384. The van der Waals surface area contributed by atoms with E-state index in [-0.39, 0.29) is 22.4 Å². The summed E-state index contributed by atoms with van der Waals surface area (Å²) in [4.78, 5) is 37.5. The van der Waals surface area contributed by atoms with Crippen molar-refractivity contribution in [1.29, 1.82) is 0 Å². The van der Waals surface area contributed by atoms with Gasteiger partial charge in [0.05, 0.1) is 27.3 Å². The number of nitrogens with zero attached hydrogens (tertiary/aromatic N) is 4. The Kier molecular flexibility index (Phi) is 13.6. The van der Waals surface area contributed by atoms with Crippen molar-refractivity contribution in [2.75, 3.05) is 63.2 Å². The van der Waals surface area contributed by atoms with Crippen LogP contribution in [-0.2, 0) is 14.8 Å². The van der Waals surface area contributed by atoms with Crippen LogP contribution < -0.4 is 19.7 Å². The number of aromatic amines is 1. The van der Waals surface area contributed by atoms with Crippen LogP contribution in [0.1, 0.15) is 74.7 Å². The average Bonchev–Trinajstić information content (AvgIpc) is 3.75. The number of nitrogens with one attached hydrogen (secondary N) is 3. The summed E-state index contributed by atoms with van der Waals surface area (Å²) in [5.41, 5.74) is 5.34. The lowest BCUT2D eigenvalue weighted by Gasteiger charge is -2.39. The molecule has 1 aliphatic heterocycles. The van der Waals surface area contributed by atoms with Gasteiger partial charge in [-0.2, -0.15) is 0 Å². The minimum absolute atomic E-state index is 0.0201. The summed E-state index contributed by atoms with van der Waals surface area (Å²) in [6, 6.07) is 20.5. The van der Waals surface area contributed by atoms with Gasteiger partial charge in [0.15, 0.2) is 5.75 Å². The first-order valence-corrected chi connectivity index (χ1v) is 23.9. The van der Waals surface area contributed by atoms with Crippen LogP contribution in [0.2, 0.25) is 5.02 Å². The molecular weight excluding hydrogens is 854 g/mol. The highest BCUT2D eigenvalue weighted by molar-refractivity contribution is 7.90. The highest BCUT2D eigenvalue weighted by Gasteiger charge is 2.32. The monoisotopic (exact) mass is 909 g/mol. The number of anilines is 2. The second kappa shape index (κ2) is 19.3. The van der Waals surface area contributed by atoms with Crippen molar-refractivity contribution in [3.8, 4) is 11.5 Å². The number of benzene rings is 3. The zero-order valence-corrected chi connectivity index (χ0v) is 38.1. The van der Waals surface area contributed by atoms with Crippen LogP contribution in [0.25, 0.3) is 16.6 Å². The Morgan fingerprint density at radius 1 is 1.00 bits per heavy atom.